The fourth-order valence-corrected chi connectivity index (χ4v) is 3.00. The summed E-state index contributed by atoms with van der Waals surface area (Å²) in [6, 6.07) is 8.08. The van der Waals surface area contributed by atoms with Crippen molar-refractivity contribution in [2.24, 2.45) is 0 Å². The van der Waals surface area contributed by atoms with Crippen molar-refractivity contribution in [1.29, 1.82) is 0 Å². The summed E-state index contributed by atoms with van der Waals surface area (Å²) in [5, 5.41) is 2.14. The van der Waals surface area contributed by atoms with Crippen LogP contribution in [0.1, 0.15) is 12.8 Å². The molecular weight excluding hydrogens is 260 g/mol. The van der Waals surface area contributed by atoms with E-state index in [1.165, 1.54) is 0 Å². The Bertz CT molecular complexity index is 538. The van der Waals surface area contributed by atoms with Gasteiger partial charge in [0.15, 0.2) is 6.29 Å². The molecule has 1 aromatic carbocycles. The van der Waals surface area contributed by atoms with E-state index in [1.54, 1.807) is 18.1 Å². The van der Waals surface area contributed by atoms with Crippen LogP contribution in [0.4, 0.5) is 0 Å². The maximum atomic E-state index is 5.54. The minimum atomic E-state index is -0.0469. The molecule has 3 rings (SSSR count). The first-order valence-electron chi connectivity index (χ1n) is 6.49. The molecule has 0 unspecified atom stereocenters. The van der Waals surface area contributed by atoms with Gasteiger partial charge in [-0.25, -0.2) is 9.97 Å². The molecule has 0 N–H and O–H groups in total. The normalized spacial score (nSPS) is 16.8. The van der Waals surface area contributed by atoms with E-state index in [4.69, 9.17) is 9.47 Å². The zero-order chi connectivity index (χ0) is 12.9. The molecule has 0 atom stereocenters. The highest BCUT2D eigenvalue weighted by Crippen LogP contribution is 2.25. The van der Waals surface area contributed by atoms with Crippen molar-refractivity contribution in [2.45, 2.75) is 24.2 Å². The van der Waals surface area contributed by atoms with Crippen LogP contribution in [0.3, 0.4) is 0 Å². The summed E-state index contributed by atoms with van der Waals surface area (Å²) in [6.45, 7) is 1.62. The van der Waals surface area contributed by atoms with Crippen LogP contribution in [0.25, 0.3) is 10.9 Å². The molecule has 0 aliphatic carbocycles. The molecule has 1 aliphatic rings. The van der Waals surface area contributed by atoms with Crippen LogP contribution in [0.15, 0.2) is 35.6 Å². The van der Waals surface area contributed by atoms with Gasteiger partial charge in [-0.2, -0.15) is 0 Å². The monoisotopic (exact) mass is 276 g/mol. The number of rotatable bonds is 4. The van der Waals surface area contributed by atoms with Crippen molar-refractivity contribution < 1.29 is 9.47 Å². The second-order valence-corrected chi connectivity index (χ2v) is 5.44. The predicted octanol–water partition coefficient (Wildman–Crippen LogP) is 2.88. The van der Waals surface area contributed by atoms with Crippen LogP contribution in [0.5, 0.6) is 0 Å². The molecule has 2 heterocycles. The Morgan fingerprint density at radius 2 is 2.00 bits per heavy atom. The minimum absolute atomic E-state index is 0.0469. The fourth-order valence-electron chi connectivity index (χ4n) is 2.05. The highest BCUT2D eigenvalue weighted by Gasteiger charge is 2.14. The molecule has 100 valence electrons. The van der Waals surface area contributed by atoms with E-state index in [1.807, 2.05) is 18.2 Å². The standard InChI is InChI=1S/C14H16N2O2S/c1-2-5-12-11(4-1)14(16-10-15-12)19-9-6-13-17-7-3-8-18-13/h1-2,4-5,10,13H,3,6-9H2. The van der Waals surface area contributed by atoms with Crippen LogP contribution in [0.2, 0.25) is 0 Å². The molecule has 0 spiro atoms. The molecule has 1 aromatic heterocycles. The van der Waals surface area contributed by atoms with E-state index in [-0.39, 0.29) is 6.29 Å². The van der Waals surface area contributed by atoms with Gasteiger partial charge in [-0.1, -0.05) is 18.2 Å². The summed E-state index contributed by atoms with van der Waals surface area (Å²) in [5.74, 6) is 0.936. The van der Waals surface area contributed by atoms with Crippen molar-refractivity contribution in [1.82, 2.24) is 9.97 Å². The molecule has 4 nitrogen and oxygen atoms in total. The van der Waals surface area contributed by atoms with Crippen LogP contribution in [0, 0.1) is 0 Å². The highest BCUT2D eigenvalue weighted by molar-refractivity contribution is 7.99. The van der Waals surface area contributed by atoms with Gasteiger partial charge in [-0.15, -0.1) is 11.8 Å². The first kappa shape index (κ1) is 12.8. The largest absolute Gasteiger partial charge is 0.353 e. The number of benzene rings is 1. The second kappa shape index (κ2) is 6.32. The van der Waals surface area contributed by atoms with Crippen LogP contribution in [-0.4, -0.2) is 35.2 Å². The summed E-state index contributed by atoms with van der Waals surface area (Å²) in [4.78, 5) is 8.63. The third-order valence-electron chi connectivity index (χ3n) is 2.99. The summed E-state index contributed by atoms with van der Waals surface area (Å²) in [5.41, 5.74) is 0.991. The van der Waals surface area contributed by atoms with Gasteiger partial charge >= 0.3 is 0 Å². The Labute approximate surface area is 116 Å². The average molecular weight is 276 g/mol. The van der Waals surface area contributed by atoms with Gasteiger partial charge in [-0.3, -0.25) is 0 Å². The fraction of sp³-hybridized carbons (Fsp3) is 0.429. The number of nitrogens with zero attached hydrogens (tertiary/aromatic N) is 2. The lowest BCUT2D eigenvalue weighted by Gasteiger charge is -2.22. The van der Waals surface area contributed by atoms with Crippen molar-refractivity contribution in [3.8, 4) is 0 Å². The maximum Gasteiger partial charge on any atom is 0.158 e. The van der Waals surface area contributed by atoms with Crippen LogP contribution < -0.4 is 0 Å². The van der Waals surface area contributed by atoms with Crippen molar-refractivity contribution >= 4 is 22.7 Å². The molecule has 0 radical (unpaired) electrons. The third kappa shape index (κ3) is 3.23. The number of aromatic nitrogens is 2. The van der Waals surface area contributed by atoms with Crippen molar-refractivity contribution in [3.63, 3.8) is 0 Å². The van der Waals surface area contributed by atoms with E-state index >= 15 is 0 Å². The molecule has 5 heteroatoms. The third-order valence-corrected chi connectivity index (χ3v) is 4.03. The van der Waals surface area contributed by atoms with Gasteiger partial charge in [0.25, 0.3) is 0 Å². The Balaban J connectivity index is 1.62. The SMILES string of the molecule is c1ccc2c(SCCC3OCCCO3)ncnc2c1. The molecule has 0 bridgehead atoms. The lowest BCUT2D eigenvalue weighted by Crippen LogP contribution is -2.25. The molecule has 0 saturated carbocycles. The molecule has 1 fully saturated rings. The maximum absolute atomic E-state index is 5.54. The van der Waals surface area contributed by atoms with Gasteiger partial charge < -0.3 is 9.47 Å². The highest BCUT2D eigenvalue weighted by atomic mass is 32.2. The van der Waals surface area contributed by atoms with Gasteiger partial charge in [0.2, 0.25) is 0 Å². The average Bonchev–Trinajstić information content (AvgIpc) is 2.49. The number of fused-ring (bicyclic) bond motifs is 1. The molecular formula is C14H16N2O2S. The van der Waals surface area contributed by atoms with E-state index in [0.717, 1.165) is 47.7 Å². The topological polar surface area (TPSA) is 44.2 Å². The smallest absolute Gasteiger partial charge is 0.158 e. The van der Waals surface area contributed by atoms with Gasteiger partial charge in [-0.05, 0) is 12.5 Å². The van der Waals surface area contributed by atoms with Crippen molar-refractivity contribution in [3.05, 3.63) is 30.6 Å². The Morgan fingerprint density at radius 1 is 1.16 bits per heavy atom. The quantitative estimate of drug-likeness (QED) is 0.634. The molecule has 0 amide bonds. The van der Waals surface area contributed by atoms with Gasteiger partial charge in [0, 0.05) is 17.6 Å². The molecule has 2 aromatic rings. The van der Waals surface area contributed by atoms with Gasteiger partial charge in [0.1, 0.15) is 11.4 Å². The van der Waals surface area contributed by atoms with Crippen LogP contribution in [-0.2, 0) is 9.47 Å². The lowest BCUT2D eigenvalue weighted by atomic mass is 10.2. The minimum Gasteiger partial charge on any atom is -0.353 e. The number of thioether (sulfide) groups is 1. The van der Waals surface area contributed by atoms with E-state index in [0.29, 0.717) is 0 Å². The molecule has 1 saturated heterocycles. The first-order valence-corrected chi connectivity index (χ1v) is 7.48. The summed E-state index contributed by atoms with van der Waals surface area (Å²) in [7, 11) is 0. The van der Waals surface area contributed by atoms with E-state index in [9.17, 15) is 0 Å². The zero-order valence-electron chi connectivity index (χ0n) is 10.6. The first-order chi connectivity index (χ1) is 9.43. The van der Waals surface area contributed by atoms with Crippen molar-refractivity contribution in [2.75, 3.05) is 19.0 Å². The lowest BCUT2D eigenvalue weighted by molar-refractivity contribution is -0.178. The van der Waals surface area contributed by atoms with E-state index in [2.05, 4.69) is 16.0 Å². The number of hydrogen-bond acceptors (Lipinski definition) is 5. The Kier molecular flexibility index (Phi) is 4.27. The zero-order valence-corrected chi connectivity index (χ0v) is 11.4. The number of ether oxygens (including phenoxy) is 2. The molecule has 19 heavy (non-hydrogen) atoms. The summed E-state index contributed by atoms with van der Waals surface area (Å²) < 4.78 is 11.1. The molecule has 1 aliphatic heterocycles. The second-order valence-electron chi connectivity index (χ2n) is 4.36. The summed E-state index contributed by atoms with van der Waals surface area (Å²) in [6.07, 6.45) is 3.47. The van der Waals surface area contributed by atoms with Gasteiger partial charge in [0.05, 0.1) is 18.7 Å². The summed E-state index contributed by atoms with van der Waals surface area (Å²) >= 11 is 1.73. The van der Waals surface area contributed by atoms with Crippen LogP contribution >= 0.6 is 11.8 Å². The number of para-hydroxylation sites is 1. The number of hydrogen-bond donors (Lipinski definition) is 0. The van der Waals surface area contributed by atoms with E-state index < -0.39 is 0 Å². The Hall–Kier alpha value is -1.17. The predicted molar refractivity (Wildman–Crippen MR) is 75.2 cm³/mol. The Morgan fingerprint density at radius 3 is 2.89 bits per heavy atom.